The molecular formula is C91H93N. The Hall–Kier alpha value is -8.52. The fourth-order valence-corrected chi connectivity index (χ4v) is 16.8. The van der Waals surface area contributed by atoms with Crippen LogP contribution in [0.1, 0.15) is 184 Å². The molecule has 12 aromatic rings. The highest BCUT2D eigenvalue weighted by atomic mass is 15.1. The van der Waals surface area contributed by atoms with Crippen molar-refractivity contribution in [2.45, 2.75) is 174 Å². The SMILES string of the molecule is CCCCCCC1(CCCCCC)c2cc(C)ccc2-c2ccc(-c3ccc(N(c4ccc(-c5ccccc5)cc4)c4ccc(-c5ccc6c(c5)C(CCCCCC)(CCCCCC)c5cc(-c7ccc8ccc9cccc%10ccc7c8c9%10)ccc5-6)cc4)cc3)cc21. The van der Waals surface area contributed by atoms with Gasteiger partial charge in [-0.1, -0.05) is 312 Å². The molecule has 0 aromatic heterocycles. The number of rotatable bonds is 27. The summed E-state index contributed by atoms with van der Waals surface area (Å²) in [6, 6.07) is 89.7. The van der Waals surface area contributed by atoms with E-state index in [1.807, 2.05) is 0 Å². The summed E-state index contributed by atoms with van der Waals surface area (Å²) in [6.07, 6.45) is 25.1. The fourth-order valence-electron chi connectivity index (χ4n) is 16.8. The Morgan fingerprint density at radius 2 is 0.609 bits per heavy atom. The molecule has 1 heteroatoms. The van der Waals surface area contributed by atoms with Gasteiger partial charge in [0.1, 0.15) is 0 Å². The largest absolute Gasteiger partial charge is 0.311 e. The van der Waals surface area contributed by atoms with Gasteiger partial charge in [-0.25, -0.2) is 0 Å². The van der Waals surface area contributed by atoms with Crippen LogP contribution >= 0.6 is 0 Å². The van der Waals surface area contributed by atoms with Gasteiger partial charge in [-0.05, 0) is 209 Å². The van der Waals surface area contributed by atoms with Crippen LogP contribution in [0.15, 0.2) is 231 Å². The second-order valence-corrected chi connectivity index (χ2v) is 27.5. The zero-order valence-electron chi connectivity index (χ0n) is 55.5. The fraction of sp³-hybridized carbons (Fsp3) is 0.297. The van der Waals surface area contributed by atoms with E-state index in [2.05, 4.69) is 270 Å². The van der Waals surface area contributed by atoms with Crippen molar-refractivity contribution >= 4 is 49.4 Å². The average Bonchev–Trinajstić information content (AvgIpc) is 1.50. The predicted octanol–water partition coefficient (Wildman–Crippen LogP) is 27.4. The third-order valence-corrected chi connectivity index (χ3v) is 21.7. The van der Waals surface area contributed by atoms with E-state index in [0.717, 1.165) is 17.1 Å². The molecule has 1 nitrogen and oxygen atoms in total. The number of hydrogen-bond acceptors (Lipinski definition) is 1. The number of aryl methyl sites for hydroxylation is 1. The van der Waals surface area contributed by atoms with Crippen LogP contribution in [0.25, 0.3) is 99.1 Å². The molecule has 0 radical (unpaired) electrons. The smallest absolute Gasteiger partial charge is 0.0462 e. The highest BCUT2D eigenvalue weighted by Gasteiger charge is 2.44. The molecule has 14 rings (SSSR count). The van der Waals surface area contributed by atoms with E-state index in [1.165, 1.54) is 244 Å². The maximum atomic E-state index is 2.64. The maximum Gasteiger partial charge on any atom is 0.0462 e. The monoisotopic (exact) mass is 1200 g/mol. The van der Waals surface area contributed by atoms with Crippen molar-refractivity contribution in [3.05, 3.63) is 258 Å². The standard InChI is InChI=1S/C91H93N/c1-6-10-14-21-56-90(57-22-15-11-7-2)84-60-64(5)30-50-79(84)80-52-41-72(61-85(80)90)67-35-46-76(47-36-67)92(75-44-33-66(34-45-75)65-26-19-18-20-27-65)77-48-37-68(38-49-77)73-42-53-81-82-54-43-74(63-87(82)91(86(81)62-73,58-23-16-12-8-3)59-24-17-13-9-4)78-51-39-71-32-31-69-28-25-29-70-40-55-83(78)89(71)88(69)70/h18-20,25-55,60-63H,6-17,21-24,56-59H2,1-5H3. The highest BCUT2D eigenvalue weighted by molar-refractivity contribution is 6.25. The zero-order valence-corrected chi connectivity index (χ0v) is 55.5. The van der Waals surface area contributed by atoms with Crippen LogP contribution < -0.4 is 4.90 Å². The van der Waals surface area contributed by atoms with E-state index in [0.29, 0.717) is 0 Å². The zero-order chi connectivity index (χ0) is 62.6. The first-order valence-corrected chi connectivity index (χ1v) is 35.7. The molecule has 462 valence electrons. The van der Waals surface area contributed by atoms with E-state index in [-0.39, 0.29) is 10.8 Å². The molecule has 0 saturated heterocycles. The van der Waals surface area contributed by atoms with Crippen LogP contribution in [0.5, 0.6) is 0 Å². The van der Waals surface area contributed by atoms with E-state index >= 15 is 0 Å². The topological polar surface area (TPSA) is 3.24 Å². The molecule has 0 unspecified atom stereocenters. The van der Waals surface area contributed by atoms with E-state index in [9.17, 15) is 0 Å². The Morgan fingerprint density at radius 3 is 1.07 bits per heavy atom. The molecule has 92 heavy (non-hydrogen) atoms. The van der Waals surface area contributed by atoms with Crippen molar-refractivity contribution in [2.75, 3.05) is 4.90 Å². The molecule has 0 amide bonds. The van der Waals surface area contributed by atoms with Crippen LogP contribution in [-0.4, -0.2) is 0 Å². The number of fused-ring (bicyclic) bond motifs is 6. The molecule has 0 saturated carbocycles. The van der Waals surface area contributed by atoms with Gasteiger partial charge < -0.3 is 4.90 Å². The van der Waals surface area contributed by atoms with E-state index < -0.39 is 0 Å². The molecule has 0 fully saturated rings. The van der Waals surface area contributed by atoms with Crippen LogP contribution in [-0.2, 0) is 10.8 Å². The van der Waals surface area contributed by atoms with Crippen molar-refractivity contribution in [3.63, 3.8) is 0 Å². The molecule has 2 aliphatic rings. The molecule has 12 aromatic carbocycles. The summed E-state index contributed by atoms with van der Waals surface area (Å²) in [5.74, 6) is 0. The Labute approximate surface area is 550 Å². The number of nitrogens with zero attached hydrogens (tertiary/aromatic N) is 1. The van der Waals surface area contributed by atoms with Crippen molar-refractivity contribution in [2.24, 2.45) is 0 Å². The molecule has 0 atom stereocenters. The van der Waals surface area contributed by atoms with Gasteiger partial charge in [0.2, 0.25) is 0 Å². The first-order valence-electron chi connectivity index (χ1n) is 35.7. The average molecular weight is 1200 g/mol. The van der Waals surface area contributed by atoms with Crippen molar-refractivity contribution in [1.29, 1.82) is 0 Å². The van der Waals surface area contributed by atoms with Gasteiger partial charge in [0.25, 0.3) is 0 Å². The number of unbranched alkanes of at least 4 members (excludes halogenated alkanes) is 12. The maximum absolute atomic E-state index is 2.64. The number of benzene rings is 12. The number of hydrogen-bond donors (Lipinski definition) is 0. The molecule has 2 aliphatic carbocycles. The van der Waals surface area contributed by atoms with Crippen LogP contribution in [0, 0.1) is 6.92 Å². The minimum absolute atomic E-state index is 0.0392. The van der Waals surface area contributed by atoms with Crippen LogP contribution in [0.4, 0.5) is 17.1 Å². The summed E-state index contributed by atoms with van der Waals surface area (Å²) >= 11 is 0. The summed E-state index contributed by atoms with van der Waals surface area (Å²) in [6.45, 7) is 11.7. The number of anilines is 3. The summed E-state index contributed by atoms with van der Waals surface area (Å²) in [7, 11) is 0. The second kappa shape index (κ2) is 27.0. The quantitative estimate of drug-likeness (QED) is 0.0366. The molecular weight excluding hydrogens is 1110 g/mol. The summed E-state index contributed by atoms with van der Waals surface area (Å²) < 4.78 is 0. The van der Waals surface area contributed by atoms with Gasteiger partial charge >= 0.3 is 0 Å². The summed E-state index contributed by atoms with van der Waals surface area (Å²) in [5.41, 5.74) is 26.9. The first-order chi connectivity index (χ1) is 45.3. The lowest BCUT2D eigenvalue weighted by Crippen LogP contribution is -2.25. The Kier molecular flexibility index (Phi) is 17.9. The Balaban J connectivity index is 0.824. The molecule has 0 bridgehead atoms. The molecule has 0 spiro atoms. The van der Waals surface area contributed by atoms with E-state index in [1.54, 1.807) is 11.1 Å². The van der Waals surface area contributed by atoms with Crippen LogP contribution in [0.2, 0.25) is 0 Å². The van der Waals surface area contributed by atoms with Gasteiger partial charge in [-0.15, -0.1) is 0 Å². The van der Waals surface area contributed by atoms with Gasteiger partial charge in [0.15, 0.2) is 0 Å². The second-order valence-electron chi connectivity index (χ2n) is 27.5. The van der Waals surface area contributed by atoms with Gasteiger partial charge in [-0.3, -0.25) is 0 Å². The lowest BCUT2D eigenvalue weighted by molar-refractivity contribution is 0.401. The van der Waals surface area contributed by atoms with Crippen molar-refractivity contribution in [1.82, 2.24) is 0 Å². The van der Waals surface area contributed by atoms with Crippen molar-refractivity contribution < 1.29 is 0 Å². The lowest BCUT2D eigenvalue weighted by atomic mass is 9.70. The lowest BCUT2D eigenvalue weighted by Gasteiger charge is -2.33. The summed E-state index contributed by atoms with van der Waals surface area (Å²) in [5, 5.41) is 8.07. The van der Waals surface area contributed by atoms with Gasteiger partial charge in [0.05, 0.1) is 0 Å². The first kappa shape index (κ1) is 61.0. The molecule has 0 heterocycles. The summed E-state index contributed by atoms with van der Waals surface area (Å²) in [4.78, 5) is 2.46. The van der Waals surface area contributed by atoms with Gasteiger partial charge in [0, 0.05) is 27.9 Å². The normalized spacial score (nSPS) is 13.4. The highest BCUT2D eigenvalue weighted by Crippen LogP contribution is 2.58. The third-order valence-electron chi connectivity index (χ3n) is 21.7. The Morgan fingerprint density at radius 1 is 0.261 bits per heavy atom. The molecule has 0 aliphatic heterocycles. The van der Waals surface area contributed by atoms with Crippen LogP contribution in [0.3, 0.4) is 0 Å². The van der Waals surface area contributed by atoms with E-state index in [4.69, 9.17) is 0 Å². The van der Waals surface area contributed by atoms with Crippen molar-refractivity contribution in [3.8, 4) is 66.8 Å². The molecule has 0 N–H and O–H groups in total. The minimum atomic E-state index is -0.0771. The minimum Gasteiger partial charge on any atom is -0.311 e. The predicted molar refractivity (Wildman–Crippen MR) is 399 cm³/mol. The third kappa shape index (κ3) is 11.5. The van der Waals surface area contributed by atoms with Gasteiger partial charge in [-0.2, -0.15) is 0 Å². The Bertz CT molecular complexity index is 4460.